The van der Waals surface area contributed by atoms with Gasteiger partial charge in [-0.05, 0) is 48.8 Å². The summed E-state index contributed by atoms with van der Waals surface area (Å²) in [4.78, 5) is 0. The molecule has 0 aliphatic heterocycles. The van der Waals surface area contributed by atoms with Crippen LogP contribution in [0, 0.1) is 0 Å². The number of ether oxygens (including phenoxy) is 1. The third kappa shape index (κ3) is 2.56. The summed E-state index contributed by atoms with van der Waals surface area (Å²) in [6.07, 6.45) is 8.57. The highest BCUT2D eigenvalue weighted by atomic mass is 16.5. The molecule has 0 bridgehead atoms. The molecule has 0 saturated heterocycles. The molecule has 0 aromatic heterocycles. The summed E-state index contributed by atoms with van der Waals surface area (Å²) >= 11 is 0. The Labute approximate surface area is 115 Å². The van der Waals surface area contributed by atoms with Gasteiger partial charge in [0, 0.05) is 13.5 Å². The van der Waals surface area contributed by atoms with Crippen LogP contribution >= 0.6 is 0 Å². The Morgan fingerprint density at radius 2 is 2.05 bits per heavy atom. The van der Waals surface area contributed by atoms with Crippen LogP contribution < -0.4 is 0 Å². The monoisotopic (exact) mass is 260 g/mol. The number of aryl methyl sites for hydroxylation is 2. The van der Waals surface area contributed by atoms with Crippen molar-refractivity contribution in [3.63, 3.8) is 0 Å². The number of benzene rings is 1. The van der Waals surface area contributed by atoms with Gasteiger partial charge < -0.3 is 9.84 Å². The molecule has 2 unspecified atom stereocenters. The van der Waals surface area contributed by atoms with E-state index in [1.165, 1.54) is 42.4 Å². The van der Waals surface area contributed by atoms with E-state index in [0.717, 1.165) is 25.7 Å². The Hall–Kier alpha value is -0.860. The molecule has 2 nitrogen and oxygen atoms in total. The molecule has 104 valence electrons. The highest BCUT2D eigenvalue weighted by Crippen LogP contribution is 2.34. The van der Waals surface area contributed by atoms with Gasteiger partial charge in [0.05, 0.1) is 11.7 Å². The average Bonchev–Trinajstić information content (AvgIpc) is 2.86. The third-order valence-electron chi connectivity index (χ3n) is 4.88. The van der Waals surface area contributed by atoms with E-state index in [-0.39, 0.29) is 6.10 Å². The van der Waals surface area contributed by atoms with E-state index < -0.39 is 5.60 Å². The smallest absolute Gasteiger partial charge is 0.0948 e. The van der Waals surface area contributed by atoms with Crippen molar-refractivity contribution in [2.75, 3.05) is 7.11 Å². The second kappa shape index (κ2) is 5.26. The molecule has 2 aliphatic carbocycles. The Kier molecular flexibility index (Phi) is 3.64. The quantitative estimate of drug-likeness (QED) is 0.905. The minimum absolute atomic E-state index is 0.00509. The lowest BCUT2D eigenvalue weighted by Gasteiger charge is -2.39. The van der Waals surface area contributed by atoms with Gasteiger partial charge in [-0.1, -0.05) is 31.0 Å². The summed E-state index contributed by atoms with van der Waals surface area (Å²) in [7, 11) is 1.73. The number of rotatable bonds is 3. The number of fused-ring (bicyclic) bond motifs is 1. The van der Waals surface area contributed by atoms with Crippen LogP contribution in [0.15, 0.2) is 18.2 Å². The van der Waals surface area contributed by atoms with Gasteiger partial charge in [-0.2, -0.15) is 0 Å². The summed E-state index contributed by atoms with van der Waals surface area (Å²) < 4.78 is 5.52. The van der Waals surface area contributed by atoms with Crippen molar-refractivity contribution in [3.05, 3.63) is 34.9 Å². The molecule has 2 aliphatic rings. The molecule has 1 saturated carbocycles. The Morgan fingerprint density at radius 1 is 1.21 bits per heavy atom. The molecule has 0 amide bonds. The van der Waals surface area contributed by atoms with Crippen molar-refractivity contribution in [1.82, 2.24) is 0 Å². The molecule has 0 heterocycles. The molecule has 0 spiro atoms. The third-order valence-corrected chi connectivity index (χ3v) is 4.88. The standard InChI is InChI=1S/C17H24O2/c1-19-16-7-2-3-10-17(16,18)12-13-8-9-14-5-4-6-15(14)11-13/h8-9,11,16,18H,2-7,10,12H2,1H3. The number of hydrogen-bond acceptors (Lipinski definition) is 2. The van der Waals surface area contributed by atoms with Crippen LogP contribution in [0.4, 0.5) is 0 Å². The summed E-state index contributed by atoms with van der Waals surface area (Å²) in [6.45, 7) is 0. The summed E-state index contributed by atoms with van der Waals surface area (Å²) in [6, 6.07) is 6.76. The Balaban J connectivity index is 1.79. The van der Waals surface area contributed by atoms with Gasteiger partial charge in [-0.25, -0.2) is 0 Å². The van der Waals surface area contributed by atoms with E-state index in [0.29, 0.717) is 0 Å². The largest absolute Gasteiger partial charge is 0.387 e. The predicted molar refractivity (Wildman–Crippen MR) is 76.4 cm³/mol. The first-order valence-electron chi connectivity index (χ1n) is 7.57. The van der Waals surface area contributed by atoms with Crippen molar-refractivity contribution in [2.24, 2.45) is 0 Å². The summed E-state index contributed by atoms with van der Waals surface area (Å²) in [5.41, 5.74) is 3.60. The molecule has 2 heteroatoms. The van der Waals surface area contributed by atoms with E-state index in [9.17, 15) is 5.11 Å². The summed E-state index contributed by atoms with van der Waals surface area (Å²) in [5.74, 6) is 0. The molecule has 3 rings (SSSR count). The van der Waals surface area contributed by atoms with Crippen LogP contribution in [-0.2, 0) is 24.0 Å². The molecular formula is C17H24O2. The maximum atomic E-state index is 10.9. The minimum atomic E-state index is -0.667. The second-order valence-electron chi connectivity index (χ2n) is 6.21. The fourth-order valence-corrected chi connectivity index (χ4v) is 3.82. The van der Waals surface area contributed by atoms with Crippen LogP contribution in [-0.4, -0.2) is 23.9 Å². The predicted octanol–water partition coefficient (Wildman–Crippen LogP) is 3.04. The second-order valence-corrected chi connectivity index (χ2v) is 6.21. The molecule has 19 heavy (non-hydrogen) atoms. The van der Waals surface area contributed by atoms with Crippen molar-refractivity contribution in [3.8, 4) is 0 Å². The van der Waals surface area contributed by atoms with Crippen molar-refractivity contribution in [2.45, 2.75) is 63.1 Å². The van der Waals surface area contributed by atoms with Gasteiger partial charge >= 0.3 is 0 Å². The minimum Gasteiger partial charge on any atom is -0.387 e. The lowest BCUT2D eigenvalue weighted by Crippen LogP contribution is -2.47. The van der Waals surface area contributed by atoms with E-state index in [1.807, 2.05) is 0 Å². The van der Waals surface area contributed by atoms with Crippen LogP contribution in [0.5, 0.6) is 0 Å². The van der Waals surface area contributed by atoms with Gasteiger partial charge in [0.2, 0.25) is 0 Å². The lowest BCUT2D eigenvalue weighted by atomic mass is 9.78. The molecule has 1 aromatic carbocycles. The molecular weight excluding hydrogens is 236 g/mol. The number of aliphatic hydroxyl groups is 1. The van der Waals surface area contributed by atoms with Gasteiger partial charge in [0.25, 0.3) is 0 Å². The first-order valence-corrected chi connectivity index (χ1v) is 7.57. The fourth-order valence-electron chi connectivity index (χ4n) is 3.82. The Bertz CT molecular complexity index is 455. The zero-order valence-electron chi connectivity index (χ0n) is 11.8. The van der Waals surface area contributed by atoms with E-state index in [2.05, 4.69) is 18.2 Å². The SMILES string of the molecule is COC1CCCCC1(O)Cc1ccc2c(c1)CCC2. The van der Waals surface area contributed by atoms with Gasteiger partial charge in [0.1, 0.15) is 0 Å². The first-order chi connectivity index (χ1) is 9.21. The zero-order valence-corrected chi connectivity index (χ0v) is 11.8. The molecule has 1 aromatic rings. The Morgan fingerprint density at radius 3 is 2.89 bits per heavy atom. The maximum absolute atomic E-state index is 10.9. The van der Waals surface area contributed by atoms with Gasteiger partial charge in [-0.15, -0.1) is 0 Å². The molecule has 1 fully saturated rings. The lowest BCUT2D eigenvalue weighted by molar-refractivity contribution is -0.116. The van der Waals surface area contributed by atoms with Gasteiger partial charge in [0.15, 0.2) is 0 Å². The molecule has 2 atom stereocenters. The summed E-state index contributed by atoms with van der Waals surface area (Å²) in [5, 5.41) is 10.9. The first kappa shape index (κ1) is 13.1. The van der Waals surface area contributed by atoms with Crippen LogP contribution in [0.2, 0.25) is 0 Å². The normalized spacial score (nSPS) is 30.3. The van der Waals surface area contributed by atoms with Crippen LogP contribution in [0.25, 0.3) is 0 Å². The van der Waals surface area contributed by atoms with Crippen LogP contribution in [0.3, 0.4) is 0 Å². The highest BCUT2D eigenvalue weighted by molar-refractivity contribution is 5.36. The topological polar surface area (TPSA) is 29.5 Å². The average molecular weight is 260 g/mol. The highest BCUT2D eigenvalue weighted by Gasteiger charge is 2.39. The van der Waals surface area contributed by atoms with Crippen molar-refractivity contribution in [1.29, 1.82) is 0 Å². The van der Waals surface area contributed by atoms with Gasteiger partial charge in [-0.3, -0.25) is 0 Å². The van der Waals surface area contributed by atoms with E-state index >= 15 is 0 Å². The van der Waals surface area contributed by atoms with E-state index in [4.69, 9.17) is 4.74 Å². The number of methoxy groups -OCH3 is 1. The maximum Gasteiger partial charge on any atom is 0.0948 e. The molecule has 1 N–H and O–H groups in total. The van der Waals surface area contributed by atoms with E-state index in [1.54, 1.807) is 7.11 Å². The molecule has 0 radical (unpaired) electrons. The zero-order chi connectivity index (χ0) is 13.3. The fraction of sp³-hybridized carbons (Fsp3) is 0.647. The number of hydrogen-bond donors (Lipinski definition) is 1. The van der Waals surface area contributed by atoms with Crippen molar-refractivity contribution >= 4 is 0 Å². The van der Waals surface area contributed by atoms with Crippen molar-refractivity contribution < 1.29 is 9.84 Å². The van der Waals surface area contributed by atoms with Crippen LogP contribution in [0.1, 0.15) is 48.8 Å².